The third kappa shape index (κ3) is 4.49. The van der Waals surface area contributed by atoms with Crippen LogP contribution in [0.5, 0.6) is 11.5 Å². The van der Waals surface area contributed by atoms with Crippen molar-refractivity contribution in [2.45, 2.75) is 19.9 Å². The predicted octanol–water partition coefficient (Wildman–Crippen LogP) is 2.88. The summed E-state index contributed by atoms with van der Waals surface area (Å²) in [7, 11) is 0. The molecule has 0 unspecified atom stereocenters. The molecule has 1 aliphatic rings. The van der Waals surface area contributed by atoms with Crippen LogP contribution >= 0.6 is 0 Å². The Morgan fingerprint density at radius 2 is 1.79 bits per heavy atom. The molecule has 2 aromatic rings. The van der Waals surface area contributed by atoms with E-state index in [-0.39, 0.29) is 5.91 Å². The fourth-order valence-electron chi connectivity index (χ4n) is 2.49. The fourth-order valence-corrected chi connectivity index (χ4v) is 2.49. The second-order valence-electron chi connectivity index (χ2n) is 5.82. The molecule has 1 heterocycles. The Hall–Kier alpha value is -2.53. The summed E-state index contributed by atoms with van der Waals surface area (Å²) in [5, 5.41) is 6.17. The minimum atomic E-state index is -0.0249. The quantitative estimate of drug-likeness (QED) is 0.802. The summed E-state index contributed by atoms with van der Waals surface area (Å²) in [4.78, 5) is 12.0. The molecule has 0 saturated carbocycles. The lowest BCUT2D eigenvalue weighted by molar-refractivity contribution is -0.116. The summed E-state index contributed by atoms with van der Waals surface area (Å²) < 4.78 is 11.0. The van der Waals surface area contributed by atoms with Crippen molar-refractivity contribution in [3.8, 4) is 11.5 Å². The van der Waals surface area contributed by atoms with Crippen molar-refractivity contribution in [3.63, 3.8) is 0 Å². The number of hydrogen-bond acceptors (Lipinski definition) is 4. The molecule has 126 valence electrons. The molecule has 24 heavy (non-hydrogen) atoms. The zero-order valence-electron chi connectivity index (χ0n) is 13.8. The molecule has 5 nitrogen and oxygen atoms in total. The fraction of sp³-hybridized carbons (Fsp3) is 0.316. The first kappa shape index (κ1) is 16.3. The molecule has 1 aliphatic heterocycles. The molecule has 0 saturated heterocycles. The number of amides is 1. The van der Waals surface area contributed by atoms with Gasteiger partial charge in [0, 0.05) is 31.3 Å². The SMILES string of the molecule is Cc1ccc(CNCCC(=O)Nc2ccc3c(c2)OCCO3)cc1. The molecule has 0 aromatic heterocycles. The molecule has 5 heteroatoms. The molecule has 0 radical (unpaired) electrons. The highest BCUT2D eigenvalue weighted by atomic mass is 16.6. The Labute approximate surface area is 142 Å². The van der Waals surface area contributed by atoms with Crippen molar-refractivity contribution in [2.24, 2.45) is 0 Å². The predicted molar refractivity (Wildman–Crippen MR) is 93.6 cm³/mol. The van der Waals surface area contributed by atoms with Crippen LogP contribution < -0.4 is 20.1 Å². The summed E-state index contributed by atoms with van der Waals surface area (Å²) in [5.74, 6) is 1.37. The van der Waals surface area contributed by atoms with E-state index in [4.69, 9.17) is 9.47 Å². The van der Waals surface area contributed by atoms with E-state index < -0.39 is 0 Å². The number of hydrogen-bond donors (Lipinski definition) is 2. The smallest absolute Gasteiger partial charge is 0.225 e. The average molecular weight is 326 g/mol. The van der Waals surface area contributed by atoms with Crippen LogP contribution in [0.2, 0.25) is 0 Å². The van der Waals surface area contributed by atoms with Gasteiger partial charge in [0.2, 0.25) is 5.91 Å². The first-order valence-corrected chi connectivity index (χ1v) is 8.16. The van der Waals surface area contributed by atoms with E-state index in [0.717, 1.165) is 18.0 Å². The summed E-state index contributed by atoms with van der Waals surface area (Å²) in [6.07, 6.45) is 0.417. The van der Waals surface area contributed by atoms with Gasteiger partial charge in [-0.05, 0) is 24.6 Å². The highest BCUT2D eigenvalue weighted by molar-refractivity contribution is 5.91. The van der Waals surface area contributed by atoms with Crippen LogP contribution in [0.25, 0.3) is 0 Å². The average Bonchev–Trinajstić information content (AvgIpc) is 2.60. The topological polar surface area (TPSA) is 59.6 Å². The van der Waals surface area contributed by atoms with E-state index in [2.05, 4.69) is 41.8 Å². The molecule has 0 atom stereocenters. The minimum absolute atomic E-state index is 0.0249. The van der Waals surface area contributed by atoms with Crippen LogP contribution in [-0.4, -0.2) is 25.7 Å². The van der Waals surface area contributed by atoms with Crippen molar-refractivity contribution in [3.05, 3.63) is 53.6 Å². The van der Waals surface area contributed by atoms with Crippen LogP contribution in [0.3, 0.4) is 0 Å². The highest BCUT2D eigenvalue weighted by Crippen LogP contribution is 2.32. The van der Waals surface area contributed by atoms with Gasteiger partial charge < -0.3 is 20.1 Å². The number of aryl methyl sites for hydroxylation is 1. The van der Waals surface area contributed by atoms with Crippen LogP contribution in [0, 0.1) is 6.92 Å². The summed E-state index contributed by atoms with van der Waals surface area (Å²) in [5.41, 5.74) is 3.19. The van der Waals surface area contributed by atoms with Crippen molar-refractivity contribution in [2.75, 3.05) is 25.1 Å². The molecule has 0 spiro atoms. The maximum Gasteiger partial charge on any atom is 0.225 e. The van der Waals surface area contributed by atoms with E-state index >= 15 is 0 Å². The molecular formula is C19H22N2O3. The summed E-state index contributed by atoms with van der Waals surface area (Å²) in [6, 6.07) is 13.8. The van der Waals surface area contributed by atoms with Crippen molar-refractivity contribution in [1.82, 2.24) is 5.32 Å². The Kier molecular flexibility index (Phi) is 5.33. The maximum absolute atomic E-state index is 12.0. The lowest BCUT2D eigenvalue weighted by Gasteiger charge is -2.19. The Morgan fingerprint density at radius 1 is 1.04 bits per heavy atom. The number of nitrogens with one attached hydrogen (secondary N) is 2. The van der Waals surface area contributed by atoms with E-state index in [1.807, 2.05) is 12.1 Å². The zero-order chi connectivity index (χ0) is 16.8. The molecular weight excluding hydrogens is 304 g/mol. The second kappa shape index (κ2) is 7.84. The second-order valence-corrected chi connectivity index (χ2v) is 5.82. The van der Waals surface area contributed by atoms with Gasteiger partial charge in [0.15, 0.2) is 11.5 Å². The molecule has 1 amide bonds. The van der Waals surface area contributed by atoms with E-state index in [1.165, 1.54) is 11.1 Å². The first-order valence-electron chi connectivity index (χ1n) is 8.16. The third-order valence-corrected chi connectivity index (χ3v) is 3.80. The molecule has 0 aliphatic carbocycles. The van der Waals surface area contributed by atoms with Gasteiger partial charge >= 0.3 is 0 Å². The molecule has 0 bridgehead atoms. The summed E-state index contributed by atoms with van der Waals surface area (Å²) >= 11 is 0. The largest absolute Gasteiger partial charge is 0.486 e. The Bertz CT molecular complexity index is 698. The molecule has 3 rings (SSSR count). The number of carbonyl (C=O) groups excluding carboxylic acids is 1. The zero-order valence-corrected chi connectivity index (χ0v) is 13.8. The highest BCUT2D eigenvalue weighted by Gasteiger charge is 2.12. The van der Waals surface area contributed by atoms with Crippen molar-refractivity contribution < 1.29 is 14.3 Å². The minimum Gasteiger partial charge on any atom is -0.486 e. The van der Waals surface area contributed by atoms with Gasteiger partial charge in [0.05, 0.1) is 0 Å². The van der Waals surface area contributed by atoms with Crippen LogP contribution in [0.4, 0.5) is 5.69 Å². The van der Waals surface area contributed by atoms with Gasteiger partial charge in [-0.1, -0.05) is 29.8 Å². The van der Waals surface area contributed by atoms with Crippen molar-refractivity contribution in [1.29, 1.82) is 0 Å². The lowest BCUT2D eigenvalue weighted by Crippen LogP contribution is -2.21. The number of carbonyl (C=O) groups is 1. The van der Waals surface area contributed by atoms with Crippen LogP contribution in [-0.2, 0) is 11.3 Å². The normalized spacial score (nSPS) is 12.7. The van der Waals surface area contributed by atoms with Gasteiger partial charge in [-0.15, -0.1) is 0 Å². The number of benzene rings is 2. The maximum atomic E-state index is 12.0. The Morgan fingerprint density at radius 3 is 2.58 bits per heavy atom. The van der Waals surface area contributed by atoms with Gasteiger partial charge in [-0.2, -0.15) is 0 Å². The number of ether oxygens (including phenoxy) is 2. The summed E-state index contributed by atoms with van der Waals surface area (Å²) in [6.45, 7) is 4.56. The molecule has 0 fully saturated rings. The van der Waals surface area contributed by atoms with Gasteiger partial charge in [-0.25, -0.2) is 0 Å². The van der Waals surface area contributed by atoms with Gasteiger partial charge in [0.1, 0.15) is 13.2 Å². The first-order chi connectivity index (χ1) is 11.7. The lowest BCUT2D eigenvalue weighted by atomic mass is 10.1. The van der Waals surface area contributed by atoms with Gasteiger partial charge in [-0.3, -0.25) is 4.79 Å². The number of rotatable bonds is 6. The van der Waals surface area contributed by atoms with Crippen molar-refractivity contribution >= 4 is 11.6 Å². The van der Waals surface area contributed by atoms with E-state index in [1.54, 1.807) is 6.07 Å². The standard InChI is InChI=1S/C19H22N2O3/c1-14-2-4-15(5-3-14)13-20-9-8-19(22)21-16-6-7-17-18(12-16)24-11-10-23-17/h2-7,12,20H,8-11,13H2,1H3,(H,21,22). The van der Waals surface area contributed by atoms with Crippen LogP contribution in [0.15, 0.2) is 42.5 Å². The van der Waals surface area contributed by atoms with Gasteiger partial charge in [0.25, 0.3) is 0 Å². The van der Waals surface area contributed by atoms with E-state index in [9.17, 15) is 4.79 Å². The Balaban J connectivity index is 1.41. The molecule has 2 N–H and O–H groups in total. The monoisotopic (exact) mass is 326 g/mol. The molecule has 2 aromatic carbocycles. The number of fused-ring (bicyclic) bond motifs is 1. The van der Waals surface area contributed by atoms with E-state index in [0.29, 0.717) is 31.9 Å². The number of anilines is 1. The third-order valence-electron chi connectivity index (χ3n) is 3.80. The van der Waals surface area contributed by atoms with Crippen LogP contribution in [0.1, 0.15) is 17.5 Å².